The maximum atomic E-state index is 9.64. The molecular weight excluding hydrogens is 284 g/mol. The smallest absolute Gasteiger partial charge is 0.141 e. The van der Waals surface area contributed by atoms with E-state index < -0.39 is 0 Å². The average Bonchev–Trinajstić information content (AvgIpc) is 2.90. The maximum Gasteiger partial charge on any atom is 0.141 e. The van der Waals surface area contributed by atoms with Gasteiger partial charge in [0.25, 0.3) is 0 Å². The van der Waals surface area contributed by atoms with Gasteiger partial charge in [-0.05, 0) is 6.07 Å². The Morgan fingerprint density at radius 1 is 1.09 bits per heavy atom. The molecular formula is C17H16O5. The van der Waals surface area contributed by atoms with Gasteiger partial charge in [0.05, 0.1) is 32.3 Å². The SMILES string of the molecule is COc1cc(OC)c2c(c1)OCC1c3ccc(O)cc3OC21. The van der Waals surface area contributed by atoms with Gasteiger partial charge in [-0.1, -0.05) is 6.07 Å². The van der Waals surface area contributed by atoms with E-state index >= 15 is 0 Å². The standard InChI is InChI=1S/C17H16O5/c1-19-10-6-14(20-2)16-15(7-10)21-8-12-11-4-3-9(18)5-13(11)22-17(12)16/h3-7,12,17-18H,8H2,1-2H3. The molecule has 0 saturated heterocycles. The van der Waals surface area contributed by atoms with Crippen molar-refractivity contribution in [1.29, 1.82) is 0 Å². The van der Waals surface area contributed by atoms with E-state index in [4.69, 9.17) is 18.9 Å². The number of methoxy groups -OCH3 is 2. The van der Waals surface area contributed by atoms with E-state index in [1.165, 1.54) is 0 Å². The molecule has 114 valence electrons. The van der Waals surface area contributed by atoms with E-state index in [1.807, 2.05) is 18.2 Å². The molecule has 2 aromatic carbocycles. The number of hydrogen-bond donors (Lipinski definition) is 1. The van der Waals surface area contributed by atoms with Gasteiger partial charge in [-0.15, -0.1) is 0 Å². The van der Waals surface area contributed by atoms with Gasteiger partial charge in [0.1, 0.15) is 34.9 Å². The summed E-state index contributed by atoms with van der Waals surface area (Å²) in [6.07, 6.45) is -0.179. The van der Waals surface area contributed by atoms with Gasteiger partial charge in [0.15, 0.2) is 0 Å². The summed E-state index contributed by atoms with van der Waals surface area (Å²) in [5.74, 6) is 3.06. The van der Waals surface area contributed by atoms with Crippen LogP contribution in [-0.4, -0.2) is 25.9 Å². The first kappa shape index (κ1) is 13.1. The molecule has 2 aliphatic rings. The quantitative estimate of drug-likeness (QED) is 0.924. The van der Waals surface area contributed by atoms with Crippen molar-refractivity contribution in [3.63, 3.8) is 0 Å². The third kappa shape index (κ3) is 1.78. The van der Waals surface area contributed by atoms with Crippen LogP contribution in [0.2, 0.25) is 0 Å². The zero-order valence-electron chi connectivity index (χ0n) is 12.3. The van der Waals surface area contributed by atoms with Gasteiger partial charge in [0.2, 0.25) is 0 Å². The van der Waals surface area contributed by atoms with Crippen molar-refractivity contribution in [1.82, 2.24) is 0 Å². The lowest BCUT2D eigenvalue weighted by Gasteiger charge is -2.29. The molecule has 4 rings (SSSR count). The van der Waals surface area contributed by atoms with Crippen molar-refractivity contribution in [2.75, 3.05) is 20.8 Å². The van der Waals surface area contributed by atoms with Crippen LogP contribution in [0.4, 0.5) is 0 Å². The van der Waals surface area contributed by atoms with Crippen LogP contribution in [0.5, 0.6) is 28.7 Å². The highest BCUT2D eigenvalue weighted by atomic mass is 16.5. The highest BCUT2D eigenvalue weighted by Crippen LogP contribution is 2.54. The number of benzene rings is 2. The van der Waals surface area contributed by atoms with E-state index in [-0.39, 0.29) is 17.8 Å². The number of hydrogen-bond acceptors (Lipinski definition) is 5. The molecule has 1 N–H and O–H groups in total. The summed E-state index contributed by atoms with van der Waals surface area (Å²) in [4.78, 5) is 0. The summed E-state index contributed by atoms with van der Waals surface area (Å²) in [5.41, 5.74) is 1.93. The fourth-order valence-electron chi connectivity index (χ4n) is 3.19. The summed E-state index contributed by atoms with van der Waals surface area (Å²) < 4.78 is 22.8. The predicted octanol–water partition coefficient (Wildman–Crippen LogP) is 3.02. The highest BCUT2D eigenvalue weighted by molar-refractivity contribution is 5.57. The Balaban J connectivity index is 1.83. The van der Waals surface area contributed by atoms with Crippen LogP contribution in [0.25, 0.3) is 0 Å². The lowest BCUT2D eigenvalue weighted by atomic mass is 9.89. The minimum absolute atomic E-state index is 0.0883. The van der Waals surface area contributed by atoms with E-state index in [9.17, 15) is 5.11 Å². The number of ether oxygens (including phenoxy) is 4. The van der Waals surface area contributed by atoms with Gasteiger partial charge in [0, 0.05) is 23.8 Å². The molecule has 0 aliphatic carbocycles. The second kappa shape index (κ2) is 4.73. The molecule has 2 aliphatic heterocycles. The van der Waals surface area contributed by atoms with Crippen LogP contribution in [0, 0.1) is 0 Å². The van der Waals surface area contributed by atoms with Gasteiger partial charge in [-0.25, -0.2) is 0 Å². The van der Waals surface area contributed by atoms with Crippen molar-refractivity contribution in [2.24, 2.45) is 0 Å². The van der Waals surface area contributed by atoms with E-state index in [0.717, 1.165) is 16.9 Å². The lowest BCUT2D eigenvalue weighted by Crippen LogP contribution is -2.23. The van der Waals surface area contributed by atoms with E-state index in [0.29, 0.717) is 23.9 Å². The Bertz CT molecular complexity index is 723. The fourth-order valence-corrected chi connectivity index (χ4v) is 3.19. The zero-order chi connectivity index (χ0) is 15.3. The lowest BCUT2D eigenvalue weighted by molar-refractivity contribution is 0.135. The van der Waals surface area contributed by atoms with E-state index in [2.05, 4.69) is 0 Å². The van der Waals surface area contributed by atoms with Gasteiger partial charge >= 0.3 is 0 Å². The van der Waals surface area contributed by atoms with Gasteiger partial charge < -0.3 is 24.1 Å². The average molecular weight is 300 g/mol. The Morgan fingerprint density at radius 3 is 2.73 bits per heavy atom. The van der Waals surface area contributed by atoms with Crippen molar-refractivity contribution < 1.29 is 24.1 Å². The molecule has 2 atom stereocenters. The Labute approximate surface area is 128 Å². The molecule has 2 aromatic rings. The monoisotopic (exact) mass is 300 g/mol. The third-order valence-corrected chi connectivity index (χ3v) is 4.25. The first-order valence-corrected chi connectivity index (χ1v) is 7.09. The summed E-state index contributed by atoms with van der Waals surface area (Å²) in [5, 5.41) is 9.64. The Morgan fingerprint density at radius 2 is 1.95 bits per heavy atom. The molecule has 5 heteroatoms. The number of phenolic OH excluding ortho intramolecular Hbond substituents is 1. The minimum atomic E-state index is -0.179. The van der Waals surface area contributed by atoms with Crippen LogP contribution >= 0.6 is 0 Å². The molecule has 2 heterocycles. The third-order valence-electron chi connectivity index (χ3n) is 4.25. The topological polar surface area (TPSA) is 57.2 Å². The minimum Gasteiger partial charge on any atom is -0.508 e. The molecule has 0 radical (unpaired) electrons. The Kier molecular flexibility index (Phi) is 2.82. The molecule has 0 saturated carbocycles. The highest BCUT2D eigenvalue weighted by Gasteiger charge is 2.42. The van der Waals surface area contributed by atoms with Crippen molar-refractivity contribution in [3.05, 3.63) is 41.5 Å². The van der Waals surface area contributed by atoms with Crippen molar-refractivity contribution in [2.45, 2.75) is 12.0 Å². The molecule has 0 bridgehead atoms. The maximum absolute atomic E-state index is 9.64. The summed E-state index contributed by atoms with van der Waals surface area (Å²) in [6.45, 7) is 0.520. The first-order valence-electron chi connectivity index (χ1n) is 7.09. The molecule has 0 spiro atoms. The van der Waals surface area contributed by atoms with Crippen molar-refractivity contribution in [3.8, 4) is 28.7 Å². The second-order valence-electron chi connectivity index (χ2n) is 5.42. The van der Waals surface area contributed by atoms with Crippen LogP contribution in [-0.2, 0) is 0 Å². The summed E-state index contributed by atoms with van der Waals surface area (Å²) in [6, 6.07) is 8.88. The molecule has 0 amide bonds. The van der Waals surface area contributed by atoms with Crippen LogP contribution in [0.3, 0.4) is 0 Å². The molecule has 5 nitrogen and oxygen atoms in total. The number of fused-ring (bicyclic) bond motifs is 5. The van der Waals surface area contributed by atoms with Gasteiger partial charge in [-0.3, -0.25) is 0 Å². The zero-order valence-corrected chi connectivity index (χ0v) is 12.3. The van der Waals surface area contributed by atoms with Crippen LogP contribution in [0.1, 0.15) is 23.1 Å². The van der Waals surface area contributed by atoms with Gasteiger partial charge in [-0.2, -0.15) is 0 Å². The summed E-state index contributed by atoms with van der Waals surface area (Å²) in [7, 11) is 3.23. The molecule has 0 fully saturated rings. The largest absolute Gasteiger partial charge is 0.508 e. The second-order valence-corrected chi connectivity index (χ2v) is 5.42. The molecule has 22 heavy (non-hydrogen) atoms. The molecule has 0 aromatic heterocycles. The number of phenols is 1. The summed E-state index contributed by atoms with van der Waals surface area (Å²) >= 11 is 0. The van der Waals surface area contributed by atoms with Crippen LogP contribution < -0.4 is 18.9 Å². The van der Waals surface area contributed by atoms with Crippen LogP contribution in [0.15, 0.2) is 30.3 Å². The molecule has 2 unspecified atom stereocenters. The predicted molar refractivity (Wildman–Crippen MR) is 79.3 cm³/mol. The van der Waals surface area contributed by atoms with E-state index in [1.54, 1.807) is 26.4 Å². The number of aromatic hydroxyl groups is 1. The van der Waals surface area contributed by atoms with Crippen molar-refractivity contribution >= 4 is 0 Å². The first-order chi connectivity index (χ1) is 10.7. The Hall–Kier alpha value is -2.56. The fraction of sp³-hybridized carbons (Fsp3) is 0.294. The number of rotatable bonds is 2. The normalized spacial score (nSPS) is 21.0.